The van der Waals surface area contributed by atoms with Crippen molar-refractivity contribution in [1.29, 1.82) is 0 Å². The smallest absolute Gasteiger partial charge is 0.306 e. The third-order valence-electron chi connectivity index (χ3n) is 1.99. The van der Waals surface area contributed by atoms with E-state index in [1.54, 1.807) is 19.3 Å². The number of rotatable bonds is 5. The van der Waals surface area contributed by atoms with Crippen LogP contribution in [0.4, 0.5) is 5.69 Å². The largest absolute Gasteiger partial charge is 0.481 e. The molecule has 0 aliphatic heterocycles. The first kappa shape index (κ1) is 10.5. The number of pyridine rings is 1. The Bertz CT molecular complexity index is 287. The molecular weight excluding hydrogens is 180 g/mol. The molecule has 0 spiro atoms. The van der Waals surface area contributed by atoms with Gasteiger partial charge >= 0.3 is 5.97 Å². The highest BCUT2D eigenvalue weighted by molar-refractivity contribution is 5.69. The molecule has 1 atom stereocenters. The van der Waals surface area contributed by atoms with Crippen LogP contribution in [0.3, 0.4) is 0 Å². The van der Waals surface area contributed by atoms with Gasteiger partial charge in [0.1, 0.15) is 0 Å². The minimum Gasteiger partial charge on any atom is -0.481 e. The molecule has 0 bridgehead atoms. The Morgan fingerprint density at radius 2 is 2.50 bits per heavy atom. The van der Waals surface area contributed by atoms with Gasteiger partial charge in [-0.25, -0.2) is 0 Å². The van der Waals surface area contributed by atoms with Crippen molar-refractivity contribution in [3.63, 3.8) is 0 Å². The van der Waals surface area contributed by atoms with Gasteiger partial charge in [0.2, 0.25) is 0 Å². The fraction of sp³-hybridized carbons (Fsp3) is 0.400. The maximum Gasteiger partial charge on any atom is 0.306 e. The number of hydrogen-bond acceptors (Lipinski definition) is 3. The van der Waals surface area contributed by atoms with Crippen LogP contribution in [-0.2, 0) is 4.79 Å². The zero-order chi connectivity index (χ0) is 10.4. The average Bonchev–Trinajstić information content (AvgIpc) is 2.19. The lowest BCUT2D eigenvalue weighted by Gasteiger charge is -2.07. The molecule has 0 aromatic carbocycles. The minimum absolute atomic E-state index is 0.306. The summed E-state index contributed by atoms with van der Waals surface area (Å²) in [6, 6.07) is 3.74. The summed E-state index contributed by atoms with van der Waals surface area (Å²) in [7, 11) is 0. The maximum atomic E-state index is 10.5. The predicted molar refractivity (Wildman–Crippen MR) is 54.1 cm³/mol. The standard InChI is InChI=1S/C10H14N2O2/c1-8(10(13)14)4-6-12-9-3-2-5-11-7-9/h2-3,5,7-8,12H,4,6H2,1H3,(H,13,14). The van der Waals surface area contributed by atoms with Gasteiger partial charge in [-0.1, -0.05) is 6.92 Å². The Balaban J connectivity index is 2.26. The van der Waals surface area contributed by atoms with E-state index in [2.05, 4.69) is 10.3 Å². The minimum atomic E-state index is -0.752. The summed E-state index contributed by atoms with van der Waals surface area (Å²) < 4.78 is 0. The molecule has 0 aliphatic rings. The van der Waals surface area contributed by atoms with Gasteiger partial charge in [-0.3, -0.25) is 9.78 Å². The Labute approximate surface area is 83.0 Å². The van der Waals surface area contributed by atoms with Gasteiger partial charge < -0.3 is 10.4 Å². The van der Waals surface area contributed by atoms with Gasteiger partial charge in [0, 0.05) is 18.9 Å². The number of carboxylic acid groups (broad SMARTS) is 1. The van der Waals surface area contributed by atoms with Crippen molar-refractivity contribution in [2.24, 2.45) is 5.92 Å². The highest BCUT2D eigenvalue weighted by atomic mass is 16.4. The van der Waals surface area contributed by atoms with Crippen molar-refractivity contribution in [1.82, 2.24) is 4.98 Å². The third-order valence-corrected chi connectivity index (χ3v) is 1.99. The molecule has 4 heteroatoms. The van der Waals surface area contributed by atoms with Gasteiger partial charge in [0.25, 0.3) is 0 Å². The van der Waals surface area contributed by atoms with Crippen molar-refractivity contribution < 1.29 is 9.90 Å². The first-order chi connectivity index (χ1) is 6.70. The summed E-state index contributed by atoms with van der Waals surface area (Å²) >= 11 is 0. The molecule has 0 radical (unpaired) electrons. The van der Waals surface area contributed by atoms with Crippen LogP contribution >= 0.6 is 0 Å². The molecular formula is C10H14N2O2. The third kappa shape index (κ3) is 3.43. The normalized spacial score (nSPS) is 12.1. The van der Waals surface area contributed by atoms with Crippen LogP contribution < -0.4 is 5.32 Å². The summed E-state index contributed by atoms with van der Waals surface area (Å²) in [5.41, 5.74) is 0.921. The average molecular weight is 194 g/mol. The molecule has 0 aliphatic carbocycles. The fourth-order valence-corrected chi connectivity index (χ4v) is 1.02. The van der Waals surface area contributed by atoms with Crippen molar-refractivity contribution in [3.8, 4) is 0 Å². The van der Waals surface area contributed by atoms with E-state index >= 15 is 0 Å². The van der Waals surface area contributed by atoms with Crippen LogP contribution in [0.5, 0.6) is 0 Å². The molecule has 1 aromatic heterocycles. The number of carboxylic acids is 1. The summed E-state index contributed by atoms with van der Waals surface area (Å²) in [6.45, 7) is 2.35. The molecule has 0 saturated carbocycles. The molecule has 76 valence electrons. The molecule has 0 amide bonds. The molecule has 14 heavy (non-hydrogen) atoms. The first-order valence-electron chi connectivity index (χ1n) is 4.57. The molecule has 1 rings (SSSR count). The number of anilines is 1. The van der Waals surface area contributed by atoms with Crippen LogP contribution in [0.2, 0.25) is 0 Å². The number of nitrogens with one attached hydrogen (secondary N) is 1. The molecule has 1 aromatic rings. The van der Waals surface area contributed by atoms with E-state index in [1.807, 2.05) is 12.1 Å². The second-order valence-electron chi connectivity index (χ2n) is 3.20. The van der Waals surface area contributed by atoms with Crippen molar-refractivity contribution in [3.05, 3.63) is 24.5 Å². The highest BCUT2D eigenvalue weighted by Gasteiger charge is 2.09. The van der Waals surface area contributed by atoms with Crippen LogP contribution in [0.15, 0.2) is 24.5 Å². The van der Waals surface area contributed by atoms with E-state index in [0.717, 1.165) is 5.69 Å². The Hall–Kier alpha value is -1.58. The van der Waals surface area contributed by atoms with Gasteiger partial charge in [-0.15, -0.1) is 0 Å². The first-order valence-corrected chi connectivity index (χ1v) is 4.57. The Morgan fingerprint density at radius 1 is 1.71 bits per heavy atom. The van der Waals surface area contributed by atoms with E-state index in [4.69, 9.17) is 5.11 Å². The number of aromatic nitrogens is 1. The number of carbonyl (C=O) groups is 1. The zero-order valence-electron chi connectivity index (χ0n) is 8.10. The molecule has 0 saturated heterocycles. The molecule has 0 fully saturated rings. The molecule has 1 unspecified atom stereocenters. The van der Waals surface area contributed by atoms with E-state index in [1.165, 1.54) is 0 Å². The highest BCUT2D eigenvalue weighted by Crippen LogP contribution is 2.05. The van der Waals surface area contributed by atoms with Crippen LogP contribution in [-0.4, -0.2) is 22.6 Å². The Kier molecular flexibility index (Phi) is 3.91. The topological polar surface area (TPSA) is 62.2 Å². The zero-order valence-corrected chi connectivity index (χ0v) is 8.10. The summed E-state index contributed by atoms with van der Waals surface area (Å²) in [5, 5.41) is 11.7. The monoisotopic (exact) mass is 194 g/mol. The van der Waals surface area contributed by atoms with E-state index in [0.29, 0.717) is 13.0 Å². The van der Waals surface area contributed by atoms with Crippen molar-refractivity contribution >= 4 is 11.7 Å². The van der Waals surface area contributed by atoms with Gasteiger partial charge in [-0.05, 0) is 18.6 Å². The molecule has 4 nitrogen and oxygen atoms in total. The lowest BCUT2D eigenvalue weighted by Crippen LogP contribution is -2.14. The van der Waals surface area contributed by atoms with Crippen molar-refractivity contribution in [2.45, 2.75) is 13.3 Å². The maximum absolute atomic E-state index is 10.5. The van der Waals surface area contributed by atoms with Crippen molar-refractivity contribution in [2.75, 3.05) is 11.9 Å². The Morgan fingerprint density at radius 3 is 3.07 bits per heavy atom. The SMILES string of the molecule is CC(CCNc1cccnc1)C(=O)O. The van der Waals surface area contributed by atoms with E-state index < -0.39 is 5.97 Å². The predicted octanol–water partition coefficient (Wildman–Crippen LogP) is 1.60. The summed E-state index contributed by atoms with van der Waals surface area (Å²) in [5.74, 6) is -1.06. The summed E-state index contributed by atoms with van der Waals surface area (Å²) in [4.78, 5) is 14.4. The van der Waals surface area contributed by atoms with Crippen LogP contribution in [0.25, 0.3) is 0 Å². The second-order valence-corrected chi connectivity index (χ2v) is 3.20. The fourth-order valence-electron chi connectivity index (χ4n) is 1.02. The molecule has 2 N–H and O–H groups in total. The van der Waals surface area contributed by atoms with Gasteiger partial charge in [-0.2, -0.15) is 0 Å². The second kappa shape index (κ2) is 5.21. The lowest BCUT2D eigenvalue weighted by atomic mass is 10.1. The van der Waals surface area contributed by atoms with E-state index in [-0.39, 0.29) is 5.92 Å². The molecule has 1 heterocycles. The van der Waals surface area contributed by atoms with E-state index in [9.17, 15) is 4.79 Å². The number of hydrogen-bond donors (Lipinski definition) is 2. The van der Waals surface area contributed by atoms with Crippen LogP contribution in [0, 0.1) is 5.92 Å². The summed E-state index contributed by atoms with van der Waals surface area (Å²) in [6.07, 6.45) is 4.03. The van der Waals surface area contributed by atoms with Gasteiger partial charge in [0.15, 0.2) is 0 Å². The van der Waals surface area contributed by atoms with Crippen LogP contribution in [0.1, 0.15) is 13.3 Å². The number of aliphatic carboxylic acids is 1. The lowest BCUT2D eigenvalue weighted by molar-refractivity contribution is -0.141. The quantitative estimate of drug-likeness (QED) is 0.747. The number of nitrogens with zero attached hydrogens (tertiary/aromatic N) is 1. The van der Waals surface area contributed by atoms with Gasteiger partial charge in [0.05, 0.1) is 11.6 Å².